The number of imidazole rings is 1. The van der Waals surface area contributed by atoms with Crippen molar-refractivity contribution in [3.63, 3.8) is 0 Å². The minimum atomic E-state index is -0.253. The van der Waals surface area contributed by atoms with Crippen molar-refractivity contribution < 1.29 is 4.79 Å². The van der Waals surface area contributed by atoms with Gasteiger partial charge in [0.25, 0.3) is 5.91 Å². The normalized spacial score (nSPS) is 11.4. The number of amides is 1. The van der Waals surface area contributed by atoms with Crippen LogP contribution in [-0.2, 0) is 0 Å². The molecule has 1 N–H and O–H groups in total. The molecule has 3 heterocycles. The molecule has 3 aromatic heterocycles. The van der Waals surface area contributed by atoms with Gasteiger partial charge in [0.2, 0.25) is 0 Å². The minimum Gasteiger partial charge on any atom is -0.304 e. The Morgan fingerprint density at radius 3 is 2.81 bits per heavy atom. The maximum Gasteiger partial charge on any atom is 0.277 e. The van der Waals surface area contributed by atoms with Crippen molar-refractivity contribution in [3.05, 3.63) is 72.2 Å². The Hall–Kier alpha value is -3.25. The first-order valence-corrected chi connectivity index (χ1v) is 9.05. The smallest absolute Gasteiger partial charge is 0.277 e. The molecule has 0 radical (unpaired) electrons. The molecule has 6 heteroatoms. The van der Waals surface area contributed by atoms with Gasteiger partial charge in [0.1, 0.15) is 11.3 Å². The van der Waals surface area contributed by atoms with Crippen LogP contribution >= 0.6 is 11.3 Å². The zero-order valence-electron chi connectivity index (χ0n) is 13.9. The average molecular weight is 358 g/mol. The van der Waals surface area contributed by atoms with E-state index in [1.54, 1.807) is 6.20 Å². The van der Waals surface area contributed by atoms with Crippen molar-refractivity contribution in [3.8, 4) is 0 Å². The minimum absolute atomic E-state index is 0.253. The second kappa shape index (κ2) is 5.64. The van der Waals surface area contributed by atoms with Crippen LogP contribution in [0.15, 0.2) is 60.8 Å². The van der Waals surface area contributed by atoms with E-state index in [1.165, 1.54) is 11.3 Å². The zero-order chi connectivity index (χ0) is 17.7. The summed E-state index contributed by atoms with van der Waals surface area (Å²) in [6, 6.07) is 18.0. The van der Waals surface area contributed by atoms with Gasteiger partial charge in [-0.05, 0) is 30.5 Å². The fourth-order valence-corrected chi connectivity index (χ4v) is 4.01. The molecular weight excluding hydrogens is 344 g/mol. The molecule has 0 spiro atoms. The van der Waals surface area contributed by atoms with Gasteiger partial charge in [0.05, 0.1) is 10.2 Å². The van der Waals surface area contributed by atoms with Gasteiger partial charge < -0.3 is 4.40 Å². The summed E-state index contributed by atoms with van der Waals surface area (Å²) in [5, 5.41) is 5.69. The standard InChI is InChI=1S/C20H14N4OS/c1-12-5-4-8-17-21-15(11-24(12)17)19(25)23-20-22-18-14-7-3-2-6-13(14)9-10-16(18)26-20/h2-11H,1H3,(H,22,23,25). The molecule has 0 aliphatic carbocycles. The number of carbonyl (C=O) groups is 1. The molecule has 5 rings (SSSR count). The summed E-state index contributed by atoms with van der Waals surface area (Å²) in [7, 11) is 0. The number of nitrogens with one attached hydrogen (secondary N) is 1. The van der Waals surface area contributed by atoms with E-state index in [0.717, 1.165) is 32.3 Å². The highest BCUT2D eigenvalue weighted by atomic mass is 32.1. The quantitative estimate of drug-likeness (QED) is 0.499. The highest BCUT2D eigenvalue weighted by molar-refractivity contribution is 7.22. The molecule has 0 bridgehead atoms. The van der Waals surface area contributed by atoms with Crippen molar-refractivity contribution in [2.45, 2.75) is 6.92 Å². The number of aryl methyl sites for hydroxylation is 1. The van der Waals surface area contributed by atoms with Crippen LogP contribution in [0.3, 0.4) is 0 Å². The number of benzene rings is 2. The molecule has 1 amide bonds. The van der Waals surface area contributed by atoms with Crippen molar-refractivity contribution in [2.24, 2.45) is 0 Å². The van der Waals surface area contributed by atoms with Crippen molar-refractivity contribution >= 4 is 49.0 Å². The number of fused-ring (bicyclic) bond motifs is 4. The predicted octanol–water partition coefficient (Wildman–Crippen LogP) is 4.66. The summed E-state index contributed by atoms with van der Waals surface area (Å²) in [5.74, 6) is -0.253. The van der Waals surface area contributed by atoms with Gasteiger partial charge in [0, 0.05) is 17.3 Å². The number of pyridine rings is 1. The Bertz CT molecular complexity index is 1300. The van der Waals surface area contributed by atoms with Gasteiger partial charge in [-0.1, -0.05) is 47.7 Å². The Balaban J connectivity index is 1.52. The Labute approximate surface area is 152 Å². The van der Waals surface area contributed by atoms with Crippen molar-refractivity contribution in [1.29, 1.82) is 0 Å². The van der Waals surface area contributed by atoms with E-state index in [1.807, 2.05) is 53.8 Å². The van der Waals surface area contributed by atoms with E-state index in [-0.39, 0.29) is 5.91 Å². The summed E-state index contributed by atoms with van der Waals surface area (Å²) in [5.41, 5.74) is 3.07. The van der Waals surface area contributed by atoms with Gasteiger partial charge in [-0.25, -0.2) is 9.97 Å². The number of hydrogen-bond acceptors (Lipinski definition) is 4. The topological polar surface area (TPSA) is 59.3 Å². The van der Waals surface area contributed by atoms with Crippen LogP contribution in [0.2, 0.25) is 0 Å². The van der Waals surface area contributed by atoms with Crippen LogP contribution < -0.4 is 5.32 Å². The summed E-state index contributed by atoms with van der Waals surface area (Å²) >= 11 is 1.47. The molecule has 26 heavy (non-hydrogen) atoms. The number of rotatable bonds is 2. The average Bonchev–Trinajstić information content (AvgIpc) is 3.26. The van der Waals surface area contributed by atoms with Crippen LogP contribution in [0.1, 0.15) is 16.2 Å². The summed E-state index contributed by atoms with van der Waals surface area (Å²) in [6.07, 6.45) is 1.75. The lowest BCUT2D eigenvalue weighted by Gasteiger charge is -1.97. The maximum atomic E-state index is 12.6. The molecule has 126 valence electrons. The third-order valence-corrected chi connectivity index (χ3v) is 5.37. The molecule has 5 nitrogen and oxygen atoms in total. The van der Waals surface area contributed by atoms with Gasteiger partial charge in [-0.15, -0.1) is 0 Å². The molecule has 5 aromatic rings. The van der Waals surface area contributed by atoms with Crippen LogP contribution in [0.25, 0.3) is 26.6 Å². The number of anilines is 1. The summed E-state index contributed by atoms with van der Waals surface area (Å²) in [4.78, 5) is 21.6. The first kappa shape index (κ1) is 15.0. The van der Waals surface area contributed by atoms with Crippen molar-refractivity contribution in [2.75, 3.05) is 5.32 Å². The van der Waals surface area contributed by atoms with E-state index < -0.39 is 0 Å². The molecule has 2 aromatic carbocycles. The molecular formula is C20H14N4OS. The molecule has 0 aliphatic heterocycles. The zero-order valence-corrected chi connectivity index (χ0v) is 14.7. The van der Waals surface area contributed by atoms with Crippen LogP contribution in [0.4, 0.5) is 5.13 Å². The van der Waals surface area contributed by atoms with Gasteiger partial charge in [0.15, 0.2) is 5.13 Å². The number of thiazole rings is 1. The second-order valence-electron chi connectivity index (χ2n) is 6.13. The molecule has 0 unspecified atom stereocenters. The highest BCUT2D eigenvalue weighted by Crippen LogP contribution is 2.31. The summed E-state index contributed by atoms with van der Waals surface area (Å²) < 4.78 is 2.95. The van der Waals surface area contributed by atoms with Crippen LogP contribution in [0.5, 0.6) is 0 Å². The third kappa shape index (κ3) is 2.34. The Morgan fingerprint density at radius 2 is 1.92 bits per heavy atom. The SMILES string of the molecule is Cc1cccc2nc(C(=O)Nc3nc4c(ccc5ccccc54)s3)cn12. The number of carbonyl (C=O) groups excluding carboxylic acids is 1. The lowest BCUT2D eigenvalue weighted by Crippen LogP contribution is -2.11. The molecule has 0 aliphatic rings. The fraction of sp³-hybridized carbons (Fsp3) is 0.0500. The Kier molecular flexibility index (Phi) is 3.26. The Morgan fingerprint density at radius 1 is 1.04 bits per heavy atom. The van der Waals surface area contributed by atoms with Crippen LogP contribution in [0, 0.1) is 6.92 Å². The highest BCUT2D eigenvalue weighted by Gasteiger charge is 2.15. The van der Waals surface area contributed by atoms with E-state index >= 15 is 0 Å². The lowest BCUT2D eigenvalue weighted by molar-refractivity contribution is 0.102. The molecule has 0 saturated carbocycles. The molecule has 0 atom stereocenters. The largest absolute Gasteiger partial charge is 0.304 e. The van der Waals surface area contributed by atoms with E-state index in [2.05, 4.69) is 27.4 Å². The number of hydrogen-bond donors (Lipinski definition) is 1. The fourth-order valence-electron chi connectivity index (χ4n) is 3.13. The van der Waals surface area contributed by atoms with Gasteiger partial charge >= 0.3 is 0 Å². The molecule has 0 fully saturated rings. The summed E-state index contributed by atoms with van der Waals surface area (Å²) in [6.45, 7) is 1.98. The van der Waals surface area contributed by atoms with E-state index in [0.29, 0.717) is 10.8 Å². The van der Waals surface area contributed by atoms with Crippen LogP contribution in [-0.4, -0.2) is 20.3 Å². The van der Waals surface area contributed by atoms with Crippen molar-refractivity contribution in [1.82, 2.24) is 14.4 Å². The van der Waals surface area contributed by atoms with E-state index in [9.17, 15) is 4.79 Å². The first-order chi connectivity index (χ1) is 12.7. The third-order valence-electron chi connectivity index (χ3n) is 4.43. The second-order valence-corrected chi connectivity index (χ2v) is 7.16. The van der Waals surface area contributed by atoms with E-state index in [4.69, 9.17) is 0 Å². The van der Waals surface area contributed by atoms with Gasteiger partial charge in [-0.3, -0.25) is 10.1 Å². The first-order valence-electron chi connectivity index (χ1n) is 8.23. The number of aromatic nitrogens is 3. The lowest BCUT2D eigenvalue weighted by atomic mass is 10.1. The van der Waals surface area contributed by atoms with Gasteiger partial charge in [-0.2, -0.15) is 0 Å². The molecule has 0 saturated heterocycles. The predicted molar refractivity (Wildman–Crippen MR) is 105 cm³/mol. The maximum absolute atomic E-state index is 12.6. The monoisotopic (exact) mass is 358 g/mol. The number of nitrogens with zero attached hydrogens (tertiary/aromatic N) is 3.